The van der Waals surface area contributed by atoms with Gasteiger partial charge in [-0.1, -0.05) is 33.3 Å². The third-order valence-electron chi connectivity index (χ3n) is 3.68. The minimum absolute atomic E-state index is 0.272. The molecule has 0 bridgehead atoms. The summed E-state index contributed by atoms with van der Waals surface area (Å²) >= 11 is 4.84. The van der Waals surface area contributed by atoms with Crippen molar-refractivity contribution in [3.05, 3.63) is 57.3 Å². The lowest BCUT2D eigenvalue weighted by molar-refractivity contribution is 0.0997. The second kappa shape index (κ2) is 7.95. The van der Waals surface area contributed by atoms with Crippen molar-refractivity contribution in [2.75, 3.05) is 20.8 Å². The molecule has 1 heterocycles. The third kappa shape index (κ3) is 4.00. The Labute approximate surface area is 157 Å². The number of carbonyl (C=O) groups excluding carboxylic acids is 1. The van der Waals surface area contributed by atoms with E-state index in [0.29, 0.717) is 23.5 Å². The topological polar surface area (TPSA) is 52.8 Å². The Hall–Kier alpha value is -1.96. The van der Waals surface area contributed by atoms with Crippen molar-refractivity contribution in [1.82, 2.24) is 4.57 Å². The fraction of sp³-hybridized carbons (Fsp3) is 0.222. The highest BCUT2D eigenvalue weighted by molar-refractivity contribution is 9.10. The minimum atomic E-state index is -0.272. The fourth-order valence-electron chi connectivity index (χ4n) is 2.44. The first-order valence-electron chi connectivity index (χ1n) is 7.63. The molecule has 3 rings (SSSR count). The van der Waals surface area contributed by atoms with Gasteiger partial charge in [-0.05, 0) is 36.4 Å². The number of carbonyl (C=O) groups is 1. The molecular formula is C18H17BrN2O3S. The van der Waals surface area contributed by atoms with Crippen molar-refractivity contribution in [2.24, 2.45) is 4.99 Å². The first kappa shape index (κ1) is 17.8. The van der Waals surface area contributed by atoms with E-state index in [1.807, 2.05) is 34.9 Å². The Kier molecular flexibility index (Phi) is 5.67. The van der Waals surface area contributed by atoms with Gasteiger partial charge in [0.25, 0.3) is 5.91 Å². The second-order valence-corrected chi connectivity index (χ2v) is 7.21. The molecule has 3 aromatic rings. The molecule has 25 heavy (non-hydrogen) atoms. The highest BCUT2D eigenvalue weighted by Gasteiger charge is 2.10. The van der Waals surface area contributed by atoms with E-state index < -0.39 is 0 Å². The largest absolute Gasteiger partial charge is 0.497 e. The molecule has 2 aromatic carbocycles. The van der Waals surface area contributed by atoms with Crippen molar-refractivity contribution in [1.29, 1.82) is 0 Å². The summed E-state index contributed by atoms with van der Waals surface area (Å²) in [5, 5.41) is 0. The molecule has 0 radical (unpaired) electrons. The van der Waals surface area contributed by atoms with Crippen LogP contribution in [0.5, 0.6) is 5.75 Å². The lowest BCUT2D eigenvalue weighted by atomic mass is 10.2. The van der Waals surface area contributed by atoms with Gasteiger partial charge in [0.1, 0.15) is 5.75 Å². The quantitative estimate of drug-likeness (QED) is 0.629. The van der Waals surface area contributed by atoms with Crippen LogP contribution in [0, 0.1) is 0 Å². The van der Waals surface area contributed by atoms with E-state index in [1.54, 1.807) is 26.4 Å². The maximum Gasteiger partial charge on any atom is 0.279 e. The van der Waals surface area contributed by atoms with Crippen LogP contribution in [0.3, 0.4) is 0 Å². The fourth-order valence-corrected chi connectivity index (χ4v) is 3.92. The third-order valence-corrected chi connectivity index (χ3v) is 5.21. The summed E-state index contributed by atoms with van der Waals surface area (Å²) in [7, 11) is 3.29. The molecule has 0 saturated carbocycles. The Balaban J connectivity index is 2.11. The van der Waals surface area contributed by atoms with E-state index in [2.05, 4.69) is 20.9 Å². The zero-order valence-corrected chi connectivity index (χ0v) is 16.3. The SMILES string of the molecule is COCCn1c(=NC(=O)c2cccc(Br)c2)sc2cc(OC)ccc21. The van der Waals surface area contributed by atoms with E-state index in [-0.39, 0.29) is 5.91 Å². The number of benzene rings is 2. The van der Waals surface area contributed by atoms with Gasteiger partial charge in [0.05, 0.1) is 23.9 Å². The molecule has 130 valence electrons. The Morgan fingerprint density at radius 1 is 1.24 bits per heavy atom. The molecule has 0 aliphatic heterocycles. The summed E-state index contributed by atoms with van der Waals surface area (Å²) in [6.45, 7) is 1.16. The van der Waals surface area contributed by atoms with Crippen molar-refractivity contribution in [3.8, 4) is 5.75 Å². The molecule has 0 saturated heterocycles. The lowest BCUT2D eigenvalue weighted by Gasteiger charge is -2.05. The number of hydrogen-bond donors (Lipinski definition) is 0. The van der Waals surface area contributed by atoms with Gasteiger partial charge in [0, 0.05) is 23.7 Å². The summed E-state index contributed by atoms with van der Waals surface area (Å²) in [6.07, 6.45) is 0. The molecule has 0 atom stereocenters. The zero-order valence-electron chi connectivity index (χ0n) is 13.9. The van der Waals surface area contributed by atoms with Crippen molar-refractivity contribution in [2.45, 2.75) is 6.54 Å². The van der Waals surface area contributed by atoms with Crippen LogP contribution in [0.2, 0.25) is 0 Å². The number of aromatic nitrogens is 1. The van der Waals surface area contributed by atoms with Crippen molar-refractivity contribution >= 4 is 43.4 Å². The average molecular weight is 421 g/mol. The molecule has 1 aromatic heterocycles. The predicted octanol–water partition coefficient (Wildman–Crippen LogP) is 3.86. The van der Waals surface area contributed by atoms with Crippen LogP contribution >= 0.6 is 27.3 Å². The van der Waals surface area contributed by atoms with E-state index in [4.69, 9.17) is 9.47 Å². The highest BCUT2D eigenvalue weighted by atomic mass is 79.9. The number of rotatable bonds is 5. The Morgan fingerprint density at radius 3 is 2.80 bits per heavy atom. The number of thiazole rings is 1. The van der Waals surface area contributed by atoms with Crippen LogP contribution in [0.4, 0.5) is 0 Å². The van der Waals surface area contributed by atoms with Crippen molar-refractivity contribution in [3.63, 3.8) is 0 Å². The molecule has 0 fully saturated rings. The summed E-state index contributed by atoms with van der Waals surface area (Å²) in [5.74, 6) is 0.503. The van der Waals surface area contributed by atoms with E-state index in [0.717, 1.165) is 20.4 Å². The predicted molar refractivity (Wildman–Crippen MR) is 102 cm³/mol. The van der Waals surface area contributed by atoms with E-state index >= 15 is 0 Å². The molecule has 0 aliphatic carbocycles. The van der Waals surface area contributed by atoms with Crippen LogP contribution in [0.1, 0.15) is 10.4 Å². The molecular weight excluding hydrogens is 404 g/mol. The monoisotopic (exact) mass is 420 g/mol. The Morgan fingerprint density at radius 2 is 2.08 bits per heavy atom. The number of fused-ring (bicyclic) bond motifs is 1. The van der Waals surface area contributed by atoms with Crippen LogP contribution in [-0.4, -0.2) is 31.3 Å². The van der Waals surface area contributed by atoms with Crippen molar-refractivity contribution < 1.29 is 14.3 Å². The van der Waals surface area contributed by atoms with Gasteiger partial charge < -0.3 is 14.0 Å². The number of methoxy groups -OCH3 is 2. The van der Waals surface area contributed by atoms with Crippen LogP contribution < -0.4 is 9.54 Å². The lowest BCUT2D eigenvalue weighted by Crippen LogP contribution is -2.19. The highest BCUT2D eigenvalue weighted by Crippen LogP contribution is 2.23. The zero-order chi connectivity index (χ0) is 17.8. The number of nitrogens with zero attached hydrogens (tertiary/aromatic N) is 2. The van der Waals surface area contributed by atoms with Gasteiger partial charge in [0.15, 0.2) is 4.80 Å². The van der Waals surface area contributed by atoms with Crippen LogP contribution in [0.25, 0.3) is 10.2 Å². The number of hydrogen-bond acceptors (Lipinski definition) is 4. The first-order chi connectivity index (χ1) is 12.1. The molecule has 0 N–H and O–H groups in total. The number of ether oxygens (including phenoxy) is 2. The first-order valence-corrected chi connectivity index (χ1v) is 9.24. The summed E-state index contributed by atoms with van der Waals surface area (Å²) < 4.78 is 14.3. The van der Waals surface area contributed by atoms with E-state index in [1.165, 1.54) is 11.3 Å². The van der Waals surface area contributed by atoms with Gasteiger partial charge in [-0.2, -0.15) is 4.99 Å². The molecule has 1 amide bonds. The van der Waals surface area contributed by atoms with Gasteiger partial charge in [-0.15, -0.1) is 0 Å². The molecule has 0 unspecified atom stereocenters. The van der Waals surface area contributed by atoms with Gasteiger partial charge in [-0.25, -0.2) is 0 Å². The van der Waals surface area contributed by atoms with Crippen LogP contribution in [0.15, 0.2) is 51.9 Å². The number of amides is 1. The van der Waals surface area contributed by atoms with E-state index in [9.17, 15) is 4.79 Å². The molecule has 5 nitrogen and oxygen atoms in total. The smallest absolute Gasteiger partial charge is 0.279 e. The Bertz CT molecular complexity index is 978. The van der Waals surface area contributed by atoms with Gasteiger partial charge in [-0.3, -0.25) is 4.79 Å². The molecule has 7 heteroatoms. The standard InChI is InChI=1S/C18H17BrN2O3S/c1-23-9-8-21-15-7-6-14(24-2)11-16(15)25-18(21)20-17(22)12-4-3-5-13(19)10-12/h3-7,10-11H,8-9H2,1-2H3. The summed E-state index contributed by atoms with van der Waals surface area (Å²) in [5.41, 5.74) is 1.55. The molecule has 0 aliphatic rings. The average Bonchev–Trinajstić information content (AvgIpc) is 2.95. The minimum Gasteiger partial charge on any atom is -0.497 e. The van der Waals surface area contributed by atoms with Gasteiger partial charge in [0.2, 0.25) is 0 Å². The van der Waals surface area contributed by atoms with Crippen LogP contribution in [-0.2, 0) is 11.3 Å². The maximum atomic E-state index is 12.5. The number of halogens is 1. The molecule has 0 spiro atoms. The van der Waals surface area contributed by atoms with Gasteiger partial charge >= 0.3 is 0 Å². The summed E-state index contributed by atoms with van der Waals surface area (Å²) in [6, 6.07) is 13.0. The normalized spacial score (nSPS) is 11.9. The summed E-state index contributed by atoms with van der Waals surface area (Å²) in [4.78, 5) is 17.5. The maximum absolute atomic E-state index is 12.5. The second-order valence-electron chi connectivity index (χ2n) is 5.29.